The van der Waals surface area contributed by atoms with Gasteiger partial charge in [-0.05, 0) is 44.7 Å². The molecule has 232 valence electrons. The standard InChI is InChI=1S/C28H36ClN9O3S.ClH/c1-18-24(30)27(17-41-18)4-10-37(11-5-27)21-14-34-22(15-33-21)42-19-2-8-31-25(23(19)29)35-20-3-9-32-26(36-20)38-12-6-28(40,16-39)7-13-38;/h2-3,8-9,14-15,18,24,39-40H,4-7,10-13,16-17,30H2,1H3,(H,31,32,35,36);1H/t18-,24+;/m0./s1. The number of piperidine rings is 2. The molecule has 3 fully saturated rings. The summed E-state index contributed by atoms with van der Waals surface area (Å²) in [4.78, 5) is 27.8. The van der Waals surface area contributed by atoms with Gasteiger partial charge in [0.1, 0.15) is 16.7 Å². The second-order valence-corrected chi connectivity index (χ2v) is 12.9. The average Bonchev–Trinajstić information content (AvgIpc) is 3.29. The van der Waals surface area contributed by atoms with E-state index in [1.54, 1.807) is 24.7 Å². The van der Waals surface area contributed by atoms with Crippen molar-refractivity contribution in [1.82, 2.24) is 24.9 Å². The minimum Gasteiger partial charge on any atom is -0.393 e. The van der Waals surface area contributed by atoms with Gasteiger partial charge < -0.3 is 35.8 Å². The molecule has 0 saturated carbocycles. The highest BCUT2D eigenvalue weighted by molar-refractivity contribution is 7.99. The van der Waals surface area contributed by atoms with E-state index in [1.165, 1.54) is 11.8 Å². The lowest BCUT2D eigenvalue weighted by Gasteiger charge is -2.41. The third kappa shape index (κ3) is 6.77. The normalized spacial score (nSPS) is 22.8. The zero-order chi connectivity index (χ0) is 29.3. The van der Waals surface area contributed by atoms with Crippen molar-refractivity contribution in [1.29, 1.82) is 0 Å². The molecule has 3 aliphatic heterocycles. The van der Waals surface area contributed by atoms with Crippen LogP contribution in [0.1, 0.15) is 32.6 Å². The smallest absolute Gasteiger partial charge is 0.227 e. The fourth-order valence-electron chi connectivity index (χ4n) is 5.86. The van der Waals surface area contributed by atoms with E-state index >= 15 is 0 Å². The molecule has 1 spiro atoms. The second kappa shape index (κ2) is 13.2. The van der Waals surface area contributed by atoms with Gasteiger partial charge in [0.15, 0.2) is 5.82 Å². The van der Waals surface area contributed by atoms with Gasteiger partial charge in [0, 0.05) is 54.9 Å². The molecule has 15 heteroatoms. The second-order valence-electron chi connectivity index (χ2n) is 11.4. The number of nitrogens with one attached hydrogen (secondary N) is 1. The number of rotatable bonds is 7. The molecule has 0 unspecified atom stereocenters. The van der Waals surface area contributed by atoms with Gasteiger partial charge >= 0.3 is 0 Å². The minimum atomic E-state index is -1.04. The number of nitrogens with zero attached hydrogens (tertiary/aromatic N) is 7. The Labute approximate surface area is 266 Å². The number of aliphatic hydroxyl groups excluding tert-OH is 1. The molecule has 3 aromatic heterocycles. The quantitative estimate of drug-likeness (QED) is 0.296. The predicted octanol–water partition coefficient (Wildman–Crippen LogP) is 3.29. The van der Waals surface area contributed by atoms with Gasteiger partial charge in [0.2, 0.25) is 5.95 Å². The van der Waals surface area contributed by atoms with Gasteiger partial charge in [-0.2, -0.15) is 4.98 Å². The Hall–Kier alpha value is -2.52. The molecule has 3 aliphatic rings. The van der Waals surface area contributed by atoms with E-state index in [-0.39, 0.29) is 36.6 Å². The highest BCUT2D eigenvalue weighted by atomic mass is 35.5. The summed E-state index contributed by atoms with van der Waals surface area (Å²) in [6.45, 7) is 5.40. The summed E-state index contributed by atoms with van der Waals surface area (Å²) in [7, 11) is 0. The summed E-state index contributed by atoms with van der Waals surface area (Å²) in [6.07, 6.45) is 9.91. The summed E-state index contributed by atoms with van der Waals surface area (Å²) in [6, 6.07) is 3.67. The first kappa shape index (κ1) is 31.9. The number of halogens is 2. The number of hydrogen-bond donors (Lipinski definition) is 4. The Morgan fingerprint density at radius 3 is 2.42 bits per heavy atom. The van der Waals surface area contributed by atoms with Crippen LogP contribution in [0, 0.1) is 5.41 Å². The zero-order valence-electron chi connectivity index (χ0n) is 23.9. The number of pyridine rings is 1. The van der Waals surface area contributed by atoms with Crippen molar-refractivity contribution in [3.8, 4) is 0 Å². The molecule has 0 amide bonds. The SMILES string of the molecule is C[C@@H]1OCC2(CCN(c3cnc(Sc4ccnc(Nc5ccnc(N6CCC(O)(CO)CC6)n5)c4Cl)cn3)CC2)[C@@H]1N.Cl. The molecule has 5 N–H and O–H groups in total. The van der Waals surface area contributed by atoms with E-state index in [1.807, 2.05) is 17.2 Å². The summed E-state index contributed by atoms with van der Waals surface area (Å²) >= 11 is 8.17. The highest BCUT2D eigenvalue weighted by Crippen LogP contribution is 2.42. The molecule has 0 aromatic carbocycles. The van der Waals surface area contributed by atoms with Crippen LogP contribution in [0.4, 0.5) is 23.4 Å². The number of aliphatic hydroxyl groups is 2. The summed E-state index contributed by atoms with van der Waals surface area (Å²) in [5.41, 5.74) is 5.49. The van der Waals surface area contributed by atoms with E-state index in [9.17, 15) is 10.2 Å². The van der Waals surface area contributed by atoms with Gasteiger partial charge in [-0.1, -0.05) is 23.4 Å². The zero-order valence-corrected chi connectivity index (χ0v) is 26.3. The van der Waals surface area contributed by atoms with Crippen LogP contribution in [0.5, 0.6) is 0 Å². The van der Waals surface area contributed by atoms with Gasteiger partial charge in [0.25, 0.3) is 0 Å². The van der Waals surface area contributed by atoms with E-state index in [0.29, 0.717) is 48.5 Å². The van der Waals surface area contributed by atoms with Gasteiger partial charge in [0.05, 0.1) is 42.3 Å². The highest BCUT2D eigenvalue weighted by Gasteiger charge is 2.47. The third-order valence-corrected chi connectivity index (χ3v) is 10.2. The van der Waals surface area contributed by atoms with Crippen LogP contribution >= 0.6 is 35.8 Å². The molecular weight excluding hydrogens is 613 g/mol. The Bertz CT molecular complexity index is 1390. The lowest BCUT2D eigenvalue weighted by molar-refractivity contribution is -0.0327. The Morgan fingerprint density at radius 1 is 1.05 bits per heavy atom. The first-order valence-corrected chi connectivity index (χ1v) is 15.4. The van der Waals surface area contributed by atoms with Crippen LogP contribution in [0.25, 0.3) is 0 Å². The third-order valence-electron chi connectivity index (χ3n) is 8.77. The minimum absolute atomic E-state index is 0. The Kier molecular flexibility index (Phi) is 9.81. The summed E-state index contributed by atoms with van der Waals surface area (Å²) < 4.78 is 5.85. The molecule has 2 atom stereocenters. The fraction of sp³-hybridized carbons (Fsp3) is 0.536. The summed E-state index contributed by atoms with van der Waals surface area (Å²) in [5, 5.41) is 24.1. The molecule has 12 nitrogen and oxygen atoms in total. The van der Waals surface area contributed by atoms with E-state index < -0.39 is 5.60 Å². The number of ether oxygens (including phenoxy) is 1. The van der Waals surface area contributed by atoms with Crippen molar-refractivity contribution in [3.63, 3.8) is 0 Å². The topological polar surface area (TPSA) is 159 Å². The van der Waals surface area contributed by atoms with Crippen LogP contribution in [0.15, 0.2) is 46.8 Å². The molecule has 0 radical (unpaired) electrons. The van der Waals surface area contributed by atoms with Crippen LogP contribution < -0.4 is 20.9 Å². The van der Waals surface area contributed by atoms with Crippen LogP contribution in [-0.4, -0.2) is 92.3 Å². The number of aromatic nitrogens is 5. The van der Waals surface area contributed by atoms with E-state index in [0.717, 1.165) is 48.3 Å². The van der Waals surface area contributed by atoms with E-state index in [2.05, 4.69) is 37.1 Å². The monoisotopic (exact) mass is 649 g/mol. The molecule has 3 aromatic rings. The number of nitrogens with two attached hydrogens (primary N) is 1. The van der Waals surface area contributed by atoms with Gasteiger partial charge in [-0.3, -0.25) is 0 Å². The van der Waals surface area contributed by atoms with Crippen LogP contribution in [0.2, 0.25) is 5.02 Å². The Balaban J connectivity index is 0.00000368. The predicted molar refractivity (Wildman–Crippen MR) is 169 cm³/mol. The molecule has 43 heavy (non-hydrogen) atoms. The summed E-state index contributed by atoms with van der Waals surface area (Å²) in [5.74, 6) is 2.41. The molecule has 3 saturated heterocycles. The average molecular weight is 651 g/mol. The first-order valence-electron chi connectivity index (χ1n) is 14.2. The lowest BCUT2D eigenvalue weighted by atomic mass is 9.73. The van der Waals surface area contributed by atoms with Crippen molar-refractivity contribution < 1.29 is 14.9 Å². The van der Waals surface area contributed by atoms with Crippen LogP contribution in [0.3, 0.4) is 0 Å². The van der Waals surface area contributed by atoms with Crippen molar-refractivity contribution in [2.75, 3.05) is 54.5 Å². The van der Waals surface area contributed by atoms with Crippen LogP contribution in [-0.2, 0) is 4.74 Å². The molecule has 6 heterocycles. The van der Waals surface area contributed by atoms with Crippen molar-refractivity contribution in [3.05, 3.63) is 41.9 Å². The lowest BCUT2D eigenvalue weighted by Crippen LogP contribution is -2.50. The number of anilines is 4. The van der Waals surface area contributed by atoms with Crippen molar-refractivity contribution >= 4 is 59.2 Å². The number of hydrogen-bond acceptors (Lipinski definition) is 13. The maximum absolute atomic E-state index is 10.3. The largest absolute Gasteiger partial charge is 0.393 e. The molecule has 0 aliphatic carbocycles. The van der Waals surface area contributed by atoms with E-state index in [4.69, 9.17) is 27.1 Å². The molecular formula is C28H37Cl2N9O3S. The van der Waals surface area contributed by atoms with Gasteiger partial charge in [-0.25, -0.2) is 19.9 Å². The van der Waals surface area contributed by atoms with Gasteiger partial charge in [-0.15, -0.1) is 12.4 Å². The Morgan fingerprint density at radius 2 is 1.77 bits per heavy atom. The van der Waals surface area contributed by atoms with Crippen molar-refractivity contribution in [2.24, 2.45) is 11.1 Å². The maximum Gasteiger partial charge on any atom is 0.227 e. The molecule has 0 bridgehead atoms. The van der Waals surface area contributed by atoms with Crippen molar-refractivity contribution in [2.45, 2.75) is 60.3 Å². The maximum atomic E-state index is 10.3. The fourth-order valence-corrected chi connectivity index (χ4v) is 6.88. The first-order chi connectivity index (χ1) is 20.3. The molecule has 6 rings (SSSR count).